The first-order valence-corrected chi connectivity index (χ1v) is 10.2. The maximum absolute atomic E-state index is 12.5. The molecule has 1 amide bonds. The molecule has 1 fully saturated rings. The van der Waals surface area contributed by atoms with E-state index in [1.807, 2.05) is 18.4 Å². The molecule has 5 nitrogen and oxygen atoms in total. The topological polar surface area (TPSA) is 64.0 Å². The van der Waals surface area contributed by atoms with Crippen molar-refractivity contribution in [3.8, 4) is 0 Å². The van der Waals surface area contributed by atoms with Crippen molar-refractivity contribution in [2.45, 2.75) is 61.9 Å². The van der Waals surface area contributed by atoms with Crippen molar-refractivity contribution in [1.82, 2.24) is 14.9 Å². The molecule has 24 heavy (non-hydrogen) atoms. The molecule has 2 aromatic heterocycles. The summed E-state index contributed by atoms with van der Waals surface area (Å²) in [4.78, 5) is 29.4. The maximum Gasteiger partial charge on any atom is 0.271 e. The molecule has 1 unspecified atom stereocenters. The molecule has 0 spiro atoms. The second-order valence-corrected chi connectivity index (χ2v) is 8.57. The molecule has 3 rings (SSSR count). The smallest absolute Gasteiger partial charge is 0.271 e. The van der Waals surface area contributed by atoms with Crippen LogP contribution in [-0.2, 0) is 11.8 Å². The van der Waals surface area contributed by atoms with Crippen LogP contribution in [0, 0.1) is 0 Å². The van der Waals surface area contributed by atoms with Crippen LogP contribution in [0.25, 0.3) is 10.2 Å². The van der Waals surface area contributed by atoms with Gasteiger partial charge in [0.05, 0.1) is 10.8 Å². The summed E-state index contributed by atoms with van der Waals surface area (Å²) in [5, 5.41) is 5.36. The summed E-state index contributed by atoms with van der Waals surface area (Å²) in [5.41, 5.74) is 0.663. The van der Waals surface area contributed by atoms with Gasteiger partial charge in [-0.1, -0.05) is 37.4 Å². The second kappa shape index (κ2) is 7.70. The Morgan fingerprint density at radius 1 is 1.38 bits per heavy atom. The Balaban J connectivity index is 1.69. The van der Waals surface area contributed by atoms with Gasteiger partial charge in [-0.2, -0.15) is 0 Å². The van der Waals surface area contributed by atoms with Crippen molar-refractivity contribution in [3.63, 3.8) is 0 Å². The van der Waals surface area contributed by atoms with Crippen molar-refractivity contribution in [2.24, 2.45) is 7.05 Å². The number of nitrogens with one attached hydrogen (secondary N) is 1. The minimum atomic E-state index is -0.276. The predicted molar refractivity (Wildman–Crippen MR) is 99.8 cm³/mol. The summed E-state index contributed by atoms with van der Waals surface area (Å²) in [6.45, 7) is 1.88. The number of hydrogen-bond donors (Lipinski definition) is 1. The van der Waals surface area contributed by atoms with Crippen molar-refractivity contribution >= 4 is 39.2 Å². The van der Waals surface area contributed by atoms with Gasteiger partial charge in [0.25, 0.3) is 5.56 Å². The Morgan fingerprint density at radius 3 is 2.79 bits per heavy atom. The van der Waals surface area contributed by atoms with E-state index >= 15 is 0 Å². The van der Waals surface area contributed by atoms with E-state index in [1.54, 1.807) is 11.6 Å². The number of thioether (sulfide) groups is 1. The first-order valence-electron chi connectivity index (χ1n) is 8.47. The van der Waals surface area contributed by atoms with Crippen LogP contribution < -0.4 is 10.9 Å². The standard InChI is InChI=1S/C17H23N3O2S2/c1-11(15(21)18-12-7-5-3-4-6-8-12)24-17-19-13-9-10-23-14(13)16(22)20(17)2/h9-12H,3-8H2,1-2H3,(H,18,21). The van der Waals surface area contributed by atoms with Crippen molar-refractivity contribution in [1.29, 1.82) is 0 Å². The fourth-order valence-corrected chi connectivity index (χ4v) is 4.72. The Labute approximate surface area is 149 Å². The van der Waals surface area contributed by atoms with Crippen LogP contribution in [0.5, 0.6) is 0 Å². The molecule has 1 aliphatic rings. The van der Waals surface area contributed by atoms with Crippen LogP contribution in [0.15, 0.2) is 21.4 Å². The summed E-state index contributed by atoms with van der Waals surface area (Å²) in [6, 6.07) is 2.14. The average Bonchev–Trinajstić information content (AvgIpc) is 2.88. The van der Waals surface area contributed by atoms with E-state index in [4.69, 9.17) is 0 Å². The summed E-state index contributed by atoms with van der Waals surface area (Å²) in [5.74, 6) is 0.0339. The average molecular weight is 366 g/mol. The molecule has 1 saturated carbocycles. The fourth-order valence-electron chi connectivity index (χ4n) is 3.03. The van der Waals surface area contributed by atoms with Crippen molar-refractivity contribution < 1.29 is 4.79 Å². The number of fused-ring (bicyclic) bond motifs is 1. The van der Waals surface area contributed by atoms with Crippen molar-refractivity contribution in [2.75, 3.05) is 0 Å². The Hall–Kier alpha value is -1.34. The van der Waals surface area contributed by atoms with E-state index in [9.17, 15) is 9.59 Å². The number of thiophene rings is 1. The molecule has 0 bridgehead atoms. The van der Waals surface area contributed by atoms with E-state index in [0.29, 0.717) is 21.4 Å². The van der Waals surface area contributed by atoms with Gasteiger partial charge in [0, 0.05) is 13.1 Å². The molecule has 1 aliphatic carbocycles. The molecular formula is C17H23N3O2S2. The highest BCUT2D eigenvalue weighted by Gasteiger charge is 2.21. The third-order valence-corrected chi connectivity index (χ3v) is 6.53. The molecule has 0 radical (unpaired) electrons. The predicted octanol–water partition coefficient (Wildman–Crippen LogP) is 3.31. The molecule has 2 aromatic rings. The van der Waals surface area contributed by atoms with Gasteiger partial charge < -0.3 is 5.32 Å². The number of nitrogens with zero attached hydrogens (tertiary/aromatic N) is 2. The lowest BCUT2D eigenvalue weighted by atomic mass is 10.1. The van der Waals surface area contributed by atoms with Crippen molar-refractivity contribution in [3.05, 3.63) is 21.8 Å². The molecule has 1 atom stereocenters. The summed E-state index contributed by atoms with van der Waals surface area (Å²) < 4.78 is 2.20. The molecular weight excluding hydrogens is 342 g/mol. The minimum Gasteiger partial charge on any atom is -0.352 e. The van der Waals surface area contributed by atoms with Gasteiger partial charge in [-0.05, 0) is 31.2 Å². The SMILES string of the molecule is CC(Sc1nc2ccsc2c(=O)n1C)C(=O)NC1CCCCCC1. The van der Waals surface area contributed by atoms with E-state index in [0.717, 1.165) is 12.8 Å². The highest BCUT2D eigenvalue weighted by atomic mass is 32.2. The van der Waals surface area contributed by atoms with Crippen LogP contribution in [-0.4, -0.2) is 26.8 Å². The van der Waals surface area contributed by atoms with Crippen LogP contribution in [0.4, 0.5) is 0 Å². The third kappa shape index (κ3) is 3.83. The number of amides is 1. The van der Waals surface area contributed by atoms with E-state index in [2.05, 4.69) is 10.3 Å². The molecule has 0 aromatic carbocycles. The second-order valence-electron chi connectivity index (χ2n) is 6.35. The van der Waals surface area contributed by atoms with E-state index in [1.165, 1.54) is 48.8 Å². The highest BCUT2D eigenvalue weighted by molar-refractivity contribution is 8.00. The lowest BCUT2D eigenvalue weighted by molar-refractivity contribution is -0.121. The summed E-state index contributed by atoms with van der Waals surface area (Å²) >= 11 is 2.75. The van der Waals surface area contributed by atoms with Gasteiger partial charge in [0.15, 0.2) is 5.16 Å². The van der Waals surface area contributed by atoms with Crippen LogP contribution in [0.3, 0.4) is 0 Å². The molecule has 2 heterocycles. The Bertz CT molecular complexity index is 776. The number of hydrogen-bond acceptors (Lipinski definition) is 5. The number of aromatic nitrogens is 2. The zero-order valence-corrected chi connectivity index (χ0v) is 15.7. The van der Waals surface area contributed by atoms with Crippen LogP contribution >= 0.6 is 23.1 Å². The Kier molecular flexibility index (Phi) is 5.61. The van der Waals surface area contributed by atoms with Gasteiger partial charge in [0.1, 0.15) is 4.70 Å². The van der Waals surface area contributed by atoms with Gasteiger partial charge >= 0.3 is 0 Å². The summed E-state index contributed by atoms with van der Waals surface area (Å²) in [7, 11) is 1.72. The number of rotatable bonds is 4. The monoisotopic (exact) mass is 365 g/mol. The molecule has 0 saturated heterocycles. The van der Waals surface area contributed by atoms with Gasteiger partial charge in [-0.3, -0.25) is 14.2 Å². The lowest BCUT2D eigenvalue weighted by Gasteiger charge is -2.19. The number of carbonyl (C=O) groups is 1. The van der Waals surface area contributed by atoms with Gasteiger partial charge in [-0.15, -0.1) is 11.3 Å². The zero-order valence-electron chi connectivity index (χ0n) is 14.1. The maximum atomic E-state index is 12.5. The van der Waals surface area contributed by atoms with Gasteiger partial charge in [0.2, 0.25) is 5.91 Å². The van der Waals surface area contributed by atoms with Crippen LogP contribution in [0.2, 0.25) is 0 Å². The normalized spacial score (nSPS) is 17.6. The molecule has 1 N–H and O–H groups in total. The first kappa shape index (κ1) is 17.5. The Morgan fingerprint density at radius 2 is 2.08 bits per heavy atom. The molecule has 0 aliphatic heterocycles. The van der Waals surface area contributed by atoms with Crippen LogP contribution in [0.1, 0.15) is 45.4 Å². The minimum absolute atomic E-state index is 0.0339. The highest BCUT2D eigenvalue weighted by Crippen LogP contribution is 2.24. The molecule has 7 heteroatoms. The third-order valence-electron chi connectivity index (χ3n) is 4.50. The van der Waals surface area contributed by atoms with E-state index in [-0.39, 0.29) is 16.7 Å². The quantitative estimate of drug-likeness (QED) is 0.513. The zero-order chi connectivity index (χ0) is 17.1. The van der Waals surface area contributed by atoms with E-state index < -0.39 is 0 Å². The fraction of sp³-hybridized carbons (Fsp3) is 0.588. The largest absolute Gasteiger partial charge is 0.352 e. The molecule has 130 valence electrons. The van der Waals surface area contributed by atoms with Gasteiger partial charge in [-0.25, -0.2) is 4.98 Å². The lowest BCUT2D eigenvalue weighted by Crippen LogP contribution is -2.39. The first-order chi connectivity index (χ1) is 11.6. The number of carbonyl (C=O) groups excluding carboxylic acids is 1. The summed E-state index contributed by atoms with van der Waals surface area (Å²) in [6.07, 6.45) is 7.06.